The fourth-order valence-corrected chi connectivity index (χ4v) is 1.29. The van der Waals surface area contributed by atoms with E-state index in [1.165, 1.54) is 0 Å². The van der Waals surface area contributed by atoms with Gasteiger partial charge in [0.15, 0.2) is 0 Å². The van der Waals surface area contributed by atoms with Gasteiger partial charge in [0, 0.05) is 5.92 Å². The van der Waals surface area contributed by atoms with Crippen LogP contribution in [0.4, 0.5) is 0 Å². The molecular weight excluding hydrogens is 134 g/mol. The summed E-state index contributed by atoms with van der Waals surface area (Å²) >= 11 is 0. The number of rotatable bonds is 2. The van der Waals surface area contributed by atoms with Crippen molar-refractivity contribution in [1.82, 2.24) is 0 Å². The molecule has 0 spiro atoms. The maximum absolute atomic E-state index is 2.30. The summed E-state index contributed by atoms with van der Waals surface area (Å²) in [7, 11) is 6.72. The molecule has 0 bridgehead atoms. The molecule has 0 aromatic carbocycles. The van der Waals surface area contributed by atoms with Gasteiger partial charge in [-0.15, -0.1) is 0 Å². The first kappa shape index (κ1) is 8.54. The maximum Gasteiger partial charge on any atom is 0.0954 e. The van der Waals surface area contributed by atoms with E-state index in [1.54, 1.807) is 0 Å². The number of nitrogens with zero attached hydrogens (tertiary/aromatic N) is 1. The molecule has 0 fully saturated rings. The molecule has 1 unspecified atom stereocenters. The molecule has 0 aromatic heterocycles. The van der Waals surface area contributed by atoms with Crippen LogP contribution in [0.3, 0.4) is 0 Å². The van der Waals surface area contributed by atoms with Crippen molar-refractivity contribution in [3.8, 4) is 0 Å². The Balaban J connectivity index is 2.61. The predicted octanol–water partition coefficient (Wildman–Crippen LogP) is 1.82. The van der Waals surface area contributed by atoms with Crippen molar-refractivity contribution < 1.29 is 4.48 Å². The van der Waals surface area contributed by atoms with Crippen molar-refractivity contribution in [2.75, 3.05) is 21.1 Å². The second-order valence-electron chi connectivity index (χ2n) is 4.20. The quantitative estimate of drug-likeness (QED) is 0.529. The van der Waals surface area contributed by atoms with Crippen LogP contribution in [0.25, 0.3) is 0 Å². The molecule has 0 saturated heterocycles. The first-order valence-corrected chi connectivity index (χ1v) is 4.18. The minimum atomic E-state index is 0.634. The van der Waals surface area contributed by atoms with Crippen LogP contribution in [-0.4, -0.2) is 31.7 Å². The van der Waals surface area contributed by atoms with Gasteiger partial charge in [-0.2, -0.15) is 0 Å². The number of hydrogen-bond donors (Lipinski definition) is 0. The lowest BCUT2D eigenvalue weighted by molar-refractivity contribution is -0.896. The lowest BCUT2D eigenvalue weighted by atomic mass is 10.0. The summed E-state index contributed by atoms with van der Waals surface area (Å²) in [6, 6.07) is 0.671. The normalized spacial score (nSPS) is 21.1. The molecule has 62 valence electrons. The third-order valence-corrected chi connectivity index (χ3v) is 2.56. The Morgan fingerprint density at radius 2 is 1.55 bits per heavy atom. The first-order chi connectivity index (χ1) is 5.02. The largest absolute Gasteiger partial charge is 0.328 e. The van der Waals surface area contributed by atoms with Crippen molar-refractivity contribution in [2.24, 2.45) is 5.92 Å². The summed E-state index contributed by atoms with van der Waals surface area (Å²) in [5.41, 5.74) is 0. The smallest absolute Gasteiger partial charge is 0.0954 e. The van der Waals surface area contributed by atoms with Crippen LogP contribution in [0.15, 0.2) is 24.3 Å². The van der Waals surface area contributed by atoms with Crippen LogP contribution in [0.2, 0.25) is 0 Å². The molecule has 1 aliphatic rings. The second kappa shape index (κ2) is 2.82. The number of quaternary nitrogens is 1. The number of allylic oxidation sites excluding steroid dienone is 2. The van der Waals surface area contributed by atoms with E-state index in [-0.39, 0.29) is 0 Å². The van der Waals surface area contributed by atoms with Gasteiger partial charge in [0.2, 0.25) is 0 Å². The summed E-state index contributed by atoms with van der Waals surface area (Å²) in [5, 5.41) is 0. The van der Waals surface area contributed by atoms with Crippen molar-refractivity contribution >= 4 is 0 Å². The zero-order valence-corrected chi connectivity index (χ0v) is 7.91. The van der Waals surface area contributed by atoms with Gasteiger partial charge in [-0.25, -0.2) is 0 Å². The van der Waals surface area contributed by atoms with E-state index in [9.17, 15) is 0 Å². The molecule has 0 saturated carbocycles. The second-order valence-corrected chi connectivity index (χ2v) is 4.20. The zero-order valence-electron chi connectivity index (χ0n) is 7.91. The summed E-state index contributed by atoms with van der Waals surface area (Å²) < 4.78 is 1.03. The molecule has 11 heavy (non-hydrogen) atoms. The maximum atomic E-state index is 2.30. The fraction of sp³-hybridized carbons (Fsp3) is 0.600. The third kappa shape index (κ3) is 1.93. The molecule has 0 radical (unpaired) electrons. The summed E-state index contributed by atoms with van der Waals surface area (Å²) in [4.78, 5) is 0. The molecule has 0 amide bonds. The predicted molar refractivity (Wildman–Crippen MR) is 49.3 cm³/mol. The molecule has 1 heteroatoms. The van der Waals surface area contributed by atoms with Gasteiger partial charge in [-0.3, -0.25) is 0 Å². The van der Waals surface area contributed by atoms with Crippen LogP contribution >= 0.6 is 0 Å². The van der Waals surface area contributed by atoms with E-state index in [2.05, 4.69) is 52.4 Å². The van der Waals surface area contributed by atoms with Crippen LogP contribution in [0, 0.1) is 5.92 Å². The van der Waals surface area contributed by atoms with E-state index in [1.807, 2.05) is 0 Å². The van der Waals surface area contributed by atoms with Crippen LogP contribution in [-0.2, 0) is 0 Å². The molecule has 0 aromatic rings. The van der Waals surface area contributed by atoms with Gasteiger partial charge >= 0.3 is 0 Å². The van der Waals surface area contributed by atoms with E-state index in [0.29, 0.717) is 12.0 Å². The van der Waals surface area contributed by atoms with Gasteiger partial charge in [-0.05, 0) is 6.92 Å². The highest BCUT2D eigenvalue weighted by Crippen LogP contribution is 2.19. The lowest BCUT2D eigenvalue weighted by Gasteiger charge is -2.34. The Hall–Kier alpha value is -0.560. The molecule has 1 nitrogen and oxygen atoms in total. The average Bonchev–Trinajstić information content (AvgIpc) is 2.34. The highest BCUT2D eigenvalue weighted by Gasteiger charge is 2.25. The minimum absolute atomic E-state index is 0.634. The van der Waals surface area contributed by atoms with Gasteiger partial charge in [-0.1, -0.05) is 24.3 Å². The Labute approximate surface area is 69.6 Å². The Kier molecular flexibility index (Phi) is 2.19. The zero-order chi connectivity index (χ0) is 8.48. The molecule has 1 aliphatic carbocycles. The lowest BCUT2D eigenvalue weighted by Crippen LogP contribution is -2.46. The monoisotopic (exact) mass is 152 g/mol. The highest BCUT2D eigenvalue weighted by molar-refractivity contribution is 5.18. The average molecular weight is 152 g/mol. The Bertz CT molecular complexity index is 172. The molecule has 1 rings (SSSR count). The number of hydrogen-bond acceptors (Lipinski definition) is 0. The van der Waals surface area contributed by atoms with E-state index in [0.717, 1.165) is 4.48 Å². The molecule has 0 heterocycles. The highest BCUT2D eigenvalue weighted by atomic mass is 15.3. The fourth-order valence-electron chi connectivity index (χ4n) is 1.29. The van der Waals surface area contributed by atoms with E-state index >= 15 is 0 Å². The van der Waals surface area contributed by atoms with Crippen LogP contribution < -0.4 is 0 Å². The first-order valence-electron chi connectivity index (χ1n) is 4.18. The van der Waals surface area contributed by atoms with Gasteiger partial charge in [0.05, 0.1) is 27.2 Å². The Morgan fingerprint density at radius 3 is 1.91 bits per heavy atom. The van der Waals surface area contributed by atoms with E-state index < -0.39 is 0 Å². The van der Waals surface area contributed by atoms with Crippen molar-refractivity contribution in [2.45, 2.75) is 13.0 Å². The molecule has 0 aliphatic heterocycles. The Morgan fingerprint density at radius 1 is 1.09 bits per heavy atom. The minimum Gasteiger partial charge on any atom is -0.328 e. The van der Waals surface area contributed by atoms with E-state index in [4.69, 9.17) is 0 Å². The van der Waals surface area contributed by atoms with Crippen molar-refractivity contribution in [3.05, 3.63) is 24.3 Å². The molecule has 1 atom stereocenters. The standard InChI is InChI=1S/C10H18N/c1-9(11(2,3)4)10-7-5-6-8-10/h5-10H,1-4H3/q+1. The van der Waals surface area contributed by atoms with Crippen LogP contribution in [0.5, 0.6) is 0 Å². The summed E-state index contributed by atoms with van der Waals surface area (Å²) in [6.45, 7) is 2.30. The third-order valence-electron chi connectivity index (χ3n) is 2.56. The van der Waals surface area contributed by atoms with Crippen LogP contribution in [0.1, 0.15) is 6.92 Å². The molecule has 0 N–H and O–H groups in total. The summed E-state index contributed by atoms with van der Waals surface area (Å²) in [5.74, 6) is 0.634. The van der Waals surface area contributed by atoms with Crippen molar-refractivity contribution in [1.29, 1.82) is 0 Å². The summed E-state index contributed by atoms with van der Waals surface area (Å²) in [6.07, 6.45) is 8.82. The molecular formula is C10H18N+. The van der Waals surface area contributed by atoms with Gasteiger partial charge < -0.3 is 4.48 Å². The van der Waals surface area contributed by atoms with Gasteiger partial charge in [0.1, 0.15) is 0 Å². The SMILES string of the molecule is CC(C1C=CC=C1)[N+](C)(C)C. The van der Waals surface area contributed by atoms with Crippen molar-refractivity contribution in [3.63, 3.8) is 0 Å². The van der Waals surface area contributed by atoms with Gasteiger partial charge in [0.25, 0.3) is 0 Å². The topological polar surface area (TPSA) is 0 Å².